The molecule has 0 radical (unpaired) electrons. The molecule has 9 rings (SSSR count). The molecule has 1 N–H and O–H groups in total. The van der Waals surface area contributed by atoms with E-state index in [0.717, 1.165) is 30.0 Å². The third kappa shape index (κ3) is 12.9. The lowest BCUT2D eigenvalue weighted by molar-refractivity contribution is -0.349. The van der Waals surface area contributed by atoms with E-state index >= 15 is 17.2 Å². The van der Waals surface area contributed by atoms with Gasteiger partial charge in [0.2, 0.25) is 18.1 Å². The van der Waals surface area contributed by atoms with Crippen molar-refractivity contribution in [3.63, 3.8) is 0 Å². The predicted molar refractivity (Wildman–Crippen MR) is 296 cm³/mol. The zero-order chi connectivity index (χ0) is 69.4. The minimum absolute atomic E-state index is 0.00371. The predicted octanol–water partition coefficient (Wildman–Crippen LogP) is 13.9. The zero-order valence-electron chi connectivity index (χ0n) is 49.5. The van der Waals surface area contributed by atoms with Gasteiger partial charge in [-0.05, 0) is 130 Å². The van der Waals surface area contributed by atoms with E-state index in [1.54, 1.807) is 6.07 Å². The molecule has 2 aliphatic carbocycles. The summed E-state index contributed by atoms with van der Waals surface area (Å²) in [4.78, 5) is 54.8. The second kappa shape index (κ2) is 25.5. The third-order valence-corrected chi connectivity index (χ3v) is 24.4. The fourth-order valence-corrected chi connectivity index (χ4v) is 18.0. The second-order valence-corrected chi connectivity index (χ2v) is 29.3. The first-order valence-electron chi connectivity index (χ1n) is 29.7. The van der Waals surface area contributed by atoms with E-state index in [4.69, 9.17) is 9.47 Å². The van der Waals surface area contributed by atoms with E-state index in [1.165, 1.54) is 23.1 Å². The molecule has 94 heavy (non-hydrogen) atoms. The SMILES string of the molecule is CC(c1cccc(S(=O)(=O)C2(c3ccc(C(F)(C(F)(F)F)C(F)(F)F)cc3)CCN(C(=O)C3CCC(C(=O)OC4CC(c5cccc(S(=O)(=O)C6(c7ccc(C(F)(C(F)(F)F)C(F)(F)F)cc7)CCN(C(=O)C7CCC(C(=O)O)CC7)C6)c5)CCO4)CC3)C2)c1)C(F)(F)F. The Balaban J connectivity index is 0.897. The molecular formula is C62H61F17N2O11S2. The molecule has 0 spiro atoms. The van der Waals surface area contributed by atoms with E-state index in [2.05, 4.69) is 0 Å². The van der Waals surface area contributed by atoms with Crippen molar-refractivity contribution in [2.24, 2.45) is 23.7 Å². The number of carboxylic acids is 1. The number of alkyl halides is 17. The molecule has 5 unspecified atom stereocenters. The first-order valence-corrected chi connectivity index (χ1v) is 32.7. The number of amides is 2. The topological polar surface area (TPSA) is 182 Å². The summed E-state index contributed by atoms with van der Waals surface area (Å²) in [6.07, 6.45) is -32.6. The minimum atomic E-state index is -6.55. The van der Waals surface area contributed by atoms with E-state index in [0.29, 0.717) is 35.9 Å². The van der Waals surface area contributed by atoms with Gasteiger partial charge in [0.25, 0.3) is 0 Å². The molecule has 3 saturated heterocycles. The zero-order valence-corrected chi connectivity index (χ0v) is 51.1. The molecule has 3 heterocycles. The van der Waals surface area contributed by atoms with Crippen LogP contribution < -0.4 is 0 Å². The summed E-state index contributed by atoms with van der Waals surface area (Å²) in [6, 6.07) is 11.8. The highest BCUT2D eigenvalue weighted by Crippen LogP contribution is 2.56. The van der Waals surface area contributed by atoms with Gasteiger partial charge in [-0.3, -0.25) is 19.2 Å². The average Bonchev–Trinajstić information content (AvgIpc) is 1.37. The van der Waals surface area contributed by atoms with Crippen molar-refractivity contribution in [3.8, 4) is 0 Å². The standard InChI is InChI=1S/C62H61F17N2O11S2/c1-35(58(65,66)67)40-4-2-6-47(30-40)93(87,88)54(43-16-20-45(21-17-43)56(63,59(68,69)70)60(71,72)73)25-27-81(33-54)51(83)37-10-14-39(15-11-37)53(86)92-49-32-42(24-29-91-49)41-5-3-7-48(31-41)94(89,90)55(26-28-80(34-55)50(82)36-8-12-38(13-9-36)52(84)85)44-18-22-46(23-19-44)57(64,61(74,75)76)62(77,78)79/h2-7,16-23,30-31,35-39,42,49H,8-15,24-29,32-34H2,1H3,(H,84,85). The molecule has 32 heteroatoms. The van der Waals surface area contributed by atoms with Gasteiger partial charge in [-0.25, -0.2) is 25.6 Å². The number of carbonyl (C=O) groups excluding carboxylic acids is 3. The van der Waals surface area contributed by atoms with Gasteiger partial charge >= 0.3 is 54.2 Å². The number of aliphatic carboxylic acids is 1. The average molecular weight is 1400 g/mol. The second-order valence-electron chi connectivity index (χ2n) is 24.8. The first kappa shape index (κ1) is 71.7. The minimum Gasteiger partial charge on any atom is -0.481 e. The van der Waals surface area contributed by atoms with Crippen LogP contribution in [0.4, 0.5) is 74.6 Å². The van der Waals surface area contributed by atoms with Gasteiger partial charge in [0.15, 0.2) is 19.7 Å². The maximum atomic E-state index is 15.2. The molecule has 4 aromatic rings. The van der Waals surface area contributed by atoms with Crippen molar-refractivity contribution in [2.75, 3.05) is 32.8 Å². The van der Waals surface area contributed by atoms with Crippen molar-refractivity contribution in [1.82, 2.24) is 9.80 Å². The summed E-state index contributed by atoms with van der Waals surface area (Å²) in [5.41, 5.74) is -16.7. The number of esters is 1. The summed E-state index contributed by atoms with van der Waals surface area (Å²) in [6.45, 7) is -1.47. The Labute approximate surface area is 527 Å². The summed E-state index contributed by atoms with van der Waals surface area (Å²) in [5.74, 6) is -9.17. The van der Waals surface area contributed by atoms with Crippen LogP contribution in [0.5, 0.6) is 0 Å². The Morgan fingerprint density at radius 1 is 0.532 bits per heavy atom. The largest absolute Gasteiger partial charge is 0.481 e. The Morgan fingerprint density at radius 2 is 0.926 bits per heavy atom. The number of rotatable bonds is 15. The molecule has 5 atom stereocenters. The van der Waals surface area contributed by atoms with Gasteiger partial charge in [0, 0.05) is 55.6 Å². The summed E-state index contributed by atoms with van der Waals surface area (Å²) >= 11 is 0. The lowest BCUT2D eigenvalue weighted by atomic mass is 9.81. The molecule has 13 nitrogen and oxygen atoms in total. The number of ether oxygens (including phenoxy) is 2. The van der Waals surface area contributed by atoms with Crippen molar-refractivity contribution < 1.29 is 125 Å². The first-order chi connectivity index (χ1) is 43.4. The van der Waals surface area contributed by atoms with Crippen molar-refractivity contribution in [1.29, 1.82) is 0 Å². The van der Waals surface area contributed by atoms with Crippen molar-refractivity contribution >= 4 is 43.4 Å². The van der Waals surface area contributed by atoms with Crippen LogP contribution in [-0.2, 0) is 69.2 Å². The number of hydrogen-bond acceptors (Lipinski definition) is 10. The van der Waals surface area contributed by atoms with Crippen LogP contribution in [0.1, 0.15) is 129 Å². The van der Waals surface area contributed by atoms with Crippen LogP contribution >= 0.6 is 0 Å². The molecule has 5 aliphatic rings. The maximum absolute atomic E-state index is 15.2. The lowest BCUT2D eigenvalue weighted by Gasteiger charge is -2.34. The number of likely N-dealkylation sites (tertiary alicyclic amines) is 2. The van der Waals surface area contributed by atoms with E-state index in [1.807, 2.05) is 0 Å². The van der Waals surface area contributed by atoms with Gasteiger partial charge in [0.05, 0.1) is 34.2 Å². The number of nitrogens with zero attached hydrogens (tertiary/aromatic N) is 2. The van der Waals surface area contributed by atoms with E-state index in [9.17, 15) is 98.6 Å². The number of carboxylic acid groups (broad SMARTS) is 1. The Kier molecular flexibility index (Phi) is 19.4. The molecule has 0 bridgehead atoms. The van der Waals surface area contributed by atoms with Crippen LogP contribution in [-0.4, -0.2) is 125 Å². The maximum Gasteiger partial charge on any atom is 0.435 e. The Morgan fingerprint density at radius 3 is 1.33 bits per heavy atom. The number of sulfone groups is 2. The van der Waals surface area contributed by atoms with Gasteiger partial charge in [-0.1, -0.05) is 72.8 Å². The molecule has 2 amide bonds. The number of hydrogen-bond donors (Lipinski definition) is 1. The molecule has 4 aromatic carbocycles. The van der Waals surface area contributed by atoms with Crippen LogP contribution in [0.15, 0.2) is 107 Å². The number of benzene rings is 4. The van der Waals surface area contributed by atoms with E-state index < -0.39 is 201 Å². The van der Waals surface area contributed by atoms with Crippen LogP contribution in [0.25, 0.3) is 0 Å². The van der Waals surface area contributed by atoms with Gasteiger partial charge in [-0.15, -0.1) is 0 Å². The molecule has 5 fully saturated rings. The normalized spacial score (nSPS) is 26.0. The summed E-state index contributed by atoms with van der Waals surface area (Å²) in [5, 5.41) is 9.50. The fourth-order valence-electron chi connectivity index (χ4n) is 13.7. The van der Waals surface area contributed by atoms with Crippen molar-refractivity contribution in [2.45, 2.75) is 164 Å². The summed E-state index contributed by atoms with van der Waals surface area (Å²) in [7, 11) is -9.89. The van der Waals surface area contributed by atoms with Gasteiger partial charge in [-0.2, -0.15) is 65.9 Å². The molecule has 2 saturated carbocycles. The third-order valence-electron chi connectivity index (χ3n) is 19.4. The number of halogens is 17. The number of carbonyl (C=O) groups is 4. The quantitative estimate of drug-likeness (QED) is 0.0883. The summed E-state index contributed by atoms with van der Waals surface area (Å²) < 4.78 is 305. The highest BCUT2D eigenvalue weighted by molar-refractivity contribution is 7.92. The highest BCUT2D eigenvalue weighted by Gasteiger charge is 2.75. The van der Waals surface area contributed by atoms with Crippen LogP contribution in [0.2, 0.25) is 0 Å². The Hall–Kier alpha value is -6.57. The monoisotopic (exact) mass is 1400 g/mol. The molecule has 0 aromatic heterocycles. The van der Waals surface area contributed by atoms with E-state index in [-0.39, 0.29) is 107 Å². The van der Waals surface area contributed by atoms with Gasteiger partial charge < -0.3 is 24.4 Å². The van der Waals surface area contributed by atoms with Crippen LogP contribution in [0.3, 0.4) is 0 Å². The molecule has 3 aliphatic heterocycles. The highest BCUT2D eigenvalue weighted by atomic mass is 32.2. The van der Waals surface area contributed by atoms with Gasteiger partial charge in [0.1, 0.15) is 9.49 Å². The molecular weight excluding hydrogens is 1340 g/mol. The lowest BCUT2D eigenvalue weighted by Crippen LogP contribution is -2.50. The fraction of sp³-hybridized carbons (Fsp3) is 0.548. The Bertz CT molecular complexity index is 3690. The van der Waals surface area contributed by atoms with Crippen molar-refractivity contribution in [3.05, 3.63) is 130 Å². The smallest absolute Gasteiger partial charge is 0.435 e. The van der Waals surface area contributed by atoms with Crippen LogP contribution in [0, 0.1) is 23.7 Å². The molecule has 516 valence electrons.